The van der Waals surface area contributed by atoms with Crippen LogP contribution in [0.25, 0.3) is 0 Å². The molecule has 0 fully saturated rings. The number of carbonyl (C=O) groups is 1. The van der Waals surface area contributed by atoms with E-state index in [-0.39, 0.29) is 12.1 Å². The highest BCUT2D eigenvalue weighted by Crippen LogP contribution is 2.20. The molecule has 0 heterocycles. The lowest BCUT2D eigenvalue weighted by Crippen LogP contribution is -2.46. The molecule has 0 saturated heterocycles. The number of quaternary nitrogens is 1. The van der Waals surface area contributed by atoms with Crippen molar-refractivity contribution < 1.29 is 14.0 Å². The molecular formula is C54H110NO2+. The Bertz CT molecular complexity index is 735. The summed E-state index contributed by atoms with van der Waals surface area (Å²) in [4.78, 5) is 12.3. The van der Waals surface area contributed by atoms with Crippen LogP contribution in [0.5, 0.6) is 0 Å². The molecule has 1 unspecified atom stereocenters. The number of rotatable bonds is 49. The van der Waals surface area contributed by atoms with Gasteiger partial charge in [-0.1, -0.05) is 240 Å². The van der Waals surface area contributed by atoms with Crippen LogP contribution in [0.3, 0.4) is 0 Å². The number of hydrogen-bond acceptors (Lipinski definition) is 2. The summed E-state index contributed by atoms with van der Waals surface area (Å²) < 4.78 is 7.16. The van der Waals surface area contributed by atoms with Crippen LogP contribution in [0.15, 0.2) is 0 Å². The van der Waals surface area contributed by atoms with Crippen LogP contribution in [0, 0.1) is 0 Å². The zero-order valence-corrected chi connectivity index (χ0v) is 40.6. The predicted octanol–water partition coefficient (Wildman–Crippen LogP) is 18.6. The van der Waals surface area contributed by atoms with Crippen LogP contribution in [-0.2, 0) is 9.53 Å². The van der Waals surface area contributed by atoms with E-state index >= 15 is 0 Å². The van der Waals surface area contributed by atoms with Crippen LogP contribution in [0.1, 0.15) is 310 Å². The minimum absolute atomic E-state index is 0.0384. The molecule has 0 aliphatic rings. The molecule has 0 bridgehead atoms. The van der Waals surface area contributed by atoms with Crippen LogP contribution in [-0.4, -0.2) is 43.2 Å². The maximum Gasteiger partial charge on any atom is 0.306 e. The summed E-state index contributed by atoms with van der Waals surface area (Å²) in [5, 5.41) is 0. The Hall–Kier alpha value is -0.570. The highest BCUT2D eigenvalue weighted by Gasteiger charge is 2.20. The Balaban J connectivity index is 4.25. The molecule has 57 heavy (non-hydrogen) atoms. The highest BCUT2D eigenvalue weighted by molar-refractivity contribution is 5.69. The van der Waals surface area contributed by atoms with E-state index in [1.165, 1.54) is 281 Å². The fourth-order valence-corrected chi connectivity index (χ4v) is 9.10. The largest absolute Gasteiger partial charge is 0.462 e. The van der Waals surface area contributed by atoms with Gasteiger partial charge in [0.1, 0.15) is 6.10 Å². The Morgan fingerprint density at radius 3 is 0.877 bits per heavy atom. The minimum atomic E-state index is 0.0384. The van der Waals surface area contributed by atoms with Crippen LogP contribution in [0.4, 0.5) is 0 Å². The Labute approximate surface area is 361 Å². The molecule has 0 aliphatic heterocycles. The van der Waals surface area contributed by atoms with Gasteiger partial charge in [0.15, 0.2) is 0 Å². The van der Waals surface area contributed by atoms with Gasteiger partial charge in [-0.2, -0.15) is 0 Å². The molecule has 0 aromatic heterocycles. The van der Waals surface area contributed by atoms with Gasteiger partial charge in [-0.25, -0.2) is 0 Å². The standard InChI is InChI=1S/C54H110NO2/c1-6-10-13-16-19-21-23-25-27-29-31-35-40-45-50-55(5,51-46-41-36-32-30-28-26-24-22-20-17-14-11-7-2)52-47-42-37-33-34-38-43-48-53(9-4)57-54(56)49-44-39-18-15-12-8-3/h53H,6-52H2,1-5H3/q+1. The summed E-state index contributed by atoms with van der Waals surface area (Å²) in [5.74, 6) is 0.0384. The average molecular weight is 805 g/mol. The molecule has 3 heteroatoms. The lowest BCUT2D eigenvalue weighted by atomic mass is 10.0. The normalized spacial score (nSPS) is 12.4. The van der Waals surface area contributed by atoms with Gasteiger partial charge in [0.2, 0.25) is 0 Å². The van der Waals surface area contributed by atoms with Crippen molar-refractivity contribution in [2.45, 2.75) is 316 Å². The predicted molar refractivity (Wildman–Crippen MR) is 257 cm³/mol. The fourth-order valence-electron chi connectivity index (χ4n) is 9.10. The Morgan fingerprint density at radius 2 is 0.596 bits per heavy atom. The van der Waals surface area contributed by atoms with Gasteiger partial charge in [0.05, 0.1) is 26.7 Å². The second-order valence-corrected chi connectivity index (χ2v) is 19.3. The number of unbranched alkanes of at least 4 members (excludes halogenated alkanes) is 37. The molecule has 0 radical (unpaired) electrons. The summed E-state index contributed by atoms with van der Waals surface area (Å²) in [6.07, 6.45) is 60.1. The Kier molecular flexibility index (Phi) is 46.0. The van der Waals surface area contributed by atoms with E-state index in [4.69, 9.17) is 4.74 Å². The van der Waals surface area contributed by atoms with Gasteiger partial charge in [0.25, 0.3) is 0 Å². The second kappa shape index (κ2) is 46.5. The third kappa shape index (κ3) is 43.3. The Morgan fingerprint density at radius 1 is 0.351 bits per heavy atom. The minimum Gasteiger partial charge on any atom is -0.462 e. The lowest BCUT2D eigenvalue weighted by Gasteiger charge is -2.35. The number of ether oxygens (including phenoxy) is 1. The quantitative estimate of drug-likeness (QED) is 0.0348. The topological polar surface area (TPSA) is 26.3 Å². The van der Waals surface area contributed by atoms with E-state index in [1.54, 1.807) is 0 Å². The molecule has 0 aromatic carbocycles. The molecule has 0 spiro atoms. The molecule has 0 aromatic rings. The molecular weight excluding hydrogens is 695 g/mol. The third-order valence-electron chi connectivity index (χ3n) is 13.3. The summed E-state index contributed by atoms with van der Waals surface area (Å²) in [5.41, 5.74) is 0. The summed E-state index contributed by atoms with van der Waals surface area (Å²) >= 11 is 0. The van der Waals surface area contributed by atoms with Gasteiger partial charge < -0.3 is 9.22 Å². The molecule has 342 valence electrons. The first kappa shape index (κ1) is 56.4. The number of esters is 1. The first-order chi connectivity index (χ1) is 28.0. The number of hydrogen-bond donors (Lipinski definition) is 0. The van der Waals surface area contributed by atoms with E-state index < -0.39 is 0 Å². The van der Waals surface area contributed by atoms with Crippen molar-refractivity contribution in [2.75, 3.05) is 26.7 Å². The van der Waals surface area contributed by atoms with Crippen molar-refractivity contribution in [2.24, 2.45) is 0 Å². The zero-order chi connectivity index (χ0) is 41.6. The molecule has 0 N–H and O–H groups in total. The van der Waals surface area contributed by atoms with Crippen molar-refractivity contribution in [3.05, 3.63) is 0 Å². The van der Waals surface area contributed by atoms with Gasteiger partial charge in [-0.3, -0.25) is 4.79 Å². The fraction of sp³-hybridized carbons (Fsp3) is 0.981. The maximum absolute atomic E-state index is 12.3. The SMILES string of the molecule is CCCCCCCCCCCCCCCC[N+](C)(CCCCCCCCCCCCCCCC)CCCCCCCCCC(CC)OC(=O)CCCCCCCC. The van der Waals surface area contributed by atoms with Crippen LogP contribution in [0.2, 0.25) is 0 Å². The van der Waals surface area contributed by atoms with E-state index in [2.05, 4.69) is 34.7 Å². The van der Waals surface area contributed by atoms with Crippen molar-refractivity contribution in [3.8, 4) is 0 Å². The summed E-state index contributed by atoms with van der Waals surface area (Å²) in [6, 6.07) is 0. The van der Waals surface area contributed by atoms with Gasteiger partial charge in [-0.15, -0.1) is 0 Å². The smallest absolute Gasteiger partial charge is 0.306 e. The van der Waals surface area contributed by atoms with Gasteiger partial charge in [0, 0.05) is 6.42 Å². The maximum atomic E-state index is 12.3. The average Bonchev–Trinajstić information content (AvgIpc) is 3.21. The van der Waals surface area contributed by atoms with Crippen molar-refractivity contribution in [3.63, 3.8) is 0 Å². The van der Waals surface area contributed by atoms with Crippen LogP contribution < -0.4 is 0 Å². The first-order valence-corrected chi connectivity index (χ1v) is 27.0. The summed E-state index contributed by atoms with van der Waals surface area (Å²) in [6.45, 7) is 13.2. The van der Waals surface area contributed by atoms with E-state index in [0.29, 0.717) is 6.42 Å². The second-order valence-electron chi connectivity index (χ2n) is 19.3. The monoisotopic (exact) mass is 805 g/mol. The molecule has 0 amide bonds. The first-order valence-electron chi connectivity index (χ1n) is 27.0. The molecule has 0 aliphatic carbocycles. The van der Waals surface area contributed by atoms with Gasteiger partial charge in [-0.05, 0) is 64.2 Å². The van der Waals surface area contributed by atoms with E-state index in [1.807, 2.05) is 0 Å². The highest BCUT2D eigenvalue weighted by atomic mass is 16.5. The van der Waals surface area contributed by atoms with Gasteiger partial charge >= 0.3 is 5.97 Å². The van der Waals surface area contributed by atoms with Crippen molar-refractivity contribution in [1.29, 1.82) is 0 Å². The van der Waals surface area contributed by atoms with Crippen molar-refractivity contribution >= 4 is 5.97 Å². The van der Waals surface area contributed by atoms with E-state index in [0.717, 1.165) is 19.3 Å². The molecule has 3 nitrogen and oxygen atoms in total. The number of carbonyl (C=O) groups excluding carboxylic acids is 1. The van der Waals surface area contributed by atoms with Crippen molar-refractivity contribution in [1.82, 2.24) is 0 Å². The van der Waals surface area contributed by atoms with E-state index in [9.17, 15) is 4.79 Å². The lowest BCUT2D eigenvalue weighted by molar-refractivity contribution is -0.910. The third-order valence-corrected chi connectivity index (χ3v) is 13.3. The summed E-state index contributed by atoms with van der Waals surface area (Å²) in [7, 11) is 2.61. The number of nitrogens with zero attached hydrogens (tertiary/aromatic N) is 1. The zero-order valence-electron chi connectivity index (χ0n) is 40.6. The molecule has 0 saturated carbocycles. The van der Waals surface area contributed by atoms with Crippen LogP contribution >= 0.6 is 0 Å². The molecule has 1 atom stereocenters. The molecule has 0 rings (SSSR count).